The van der Waals surface area contributed by atoms with E-state index in [1.165, 1.54) is 0 Å². The third kappa shape index (κ3) is 4.76. The third-order valence-electron chi connectivity index (χ3n) is 4.08. The van der Waals surface area contributed by atoms with Crippen LogP contribution in [0.15, 0.2) is 60.9 Å². The minimum absolute atomic E-state index is 0.0702. The minimum atomic E-state index is -0.226. The highest BCUT2D eigenvalue weighted by molar-refractivity contribution is 6.05. The van der Waals surface area contributed by atoms with Gasteiger partial charge >= 0.3 is 0 Å². The smallest absolute Gasteiger partial charge is 0.255 e. The monoisotopic (exact) mass is 377 g/mol. The zero-order valence-electron chi connectivity index (χ0n) is 15.8. The lowest BCUT2D eigenvalue weighted by Crippen LogP contribution is -2.29. The van der Waals surface area contributed by atoms with E-state index < -0.39 is 0 Å². The molecule has 0 spiro atoms. The predicted octanol–water partition coefficient (Wildman–Crippen LogP) is 2.90. The molecule has 4 N–H and O–H groups in total. The van der Waals surface area contributed by atoms with E-state index in [1.807, 2.05) is 38.1 Å². The fourth-order valence-electron chi connectivity index (χ4n) is 2.67. The number of hydrogen-bond acceptors (Lipinski definition) is 4. The van der Waals surface area contributed by atoms with Gasteiger partial charge in [0.2, 0.25) is 0 Å². The van der Waals surface area contributed by atoms with Gasteiger partial charge in [-0.25, -0.2) is 0 Å². The van der Waals surface area contributed by atoms with E-state index in [0.717, 1.165) is 5.56 Å². The van der Waals surface area contributed by atoms with Gasteiger partial charge in [-0.1, -0.05) is 24.3 Å². The van der Waals surface area contributed by atoms with Crippen molar-refractivity contribution in [1.82, 2.24) is 15.1 Å². The molecule has 0 atom stereocenters. The number of nitrogens with zero attached hydrogens (tertiary/aromatic N) is 2. The average Bonchev–Trinajstić information content (AvgIpc) is 3.12. The zero-order chi connectivity index (χ0) is 20.1. The Morgan fingerprint density at radius 1 is 1.04 bits per heavy atom. The van der Waals surface area contributed by atoms with Crippen LogP contribution >= 0.6 is 0 Å². The average molecular weight is 377 g/mol. The predicted molar refractivity (Wildman–Crippen MR) is 109 cm³/mol. The summed E-state index contributed by atoms with van der Waals surface area (Å²) in [5, 5.41) is 9.86. The first-order valence-electron chi connectivity index (χ1n) is 9.00. The van der Waals surface area contributed by atoms with Gasteiger partial charge in [0.15, 0.2) is 0 Å². The Labute approximate surface area is 163 Å². The summed E-state index contributed by atoms with van der Waals surface area (Å²) in [4.78, 5) is 24.4. The Morgan fingerprint density at radius 3 is 2.43 bits per heavy atom. The molecule has 0 aliphatic heterocycles. The zero-order valence-corrected chi connectivity index (χ0v) is 15.8. The number of nitrogens with one attached hydrogen (secondary N) is 2. The largest absolute Gasteiger partial charge is 0.397 e. The Morgan fingerprint density at radius 2 is 1.75 bits per heavy atom. The molecule has 2 aromatic carbocycles. The van der Waals surface area contributed by atoms with Crippen molar-refractivity contribution in [2.75, 3.05) is 11.1 Å². The van der Waals surface area contributed by atoms with Crippen LogP contribution in [-0.2, 0) is 6.54 Å². The van der Waals surface area contributed by atoms with Crippen molar-refractivity contribution < 1.29 is 9.59 Å². The molecule has 0 fully saturated rings. The number of anilines is 2. The summed E-state index contributed by atoms with van der Waals surface area (Å²) in [5.74, 6) is -0.371. The lowest BCUT2D eigenvalue weighted by molar-refractivity contribution is 0.0942. The topological polar surface area (TPSA) is 102 Å². The first-order chi connectivity index (χ1) is 13.4. The Balaban J connectivity index is 1.63. The summed E-state index contributed by atoms with van der Waals surface area (Å²) in [6.07, 6.45) is 3.25. The number of carbonyl (C=O) groups is 2. The van der Waals surface area contributed by atoms with E-state index >= 15 is 0 Å². The van der Waals surface area contributed by atoms with E-state index in [2.05, 4.69) is 15.7 Å². The van der Waals surface area contributed by atoms with E-state index in [4.69, 9.17) is 5.73 Å². The van der Waals surface area contributed by atoms with Gasteiger partial charge in [0.25, 0.3) is 11.8 Å². The highest BCUT2D eigenvalue weighted by Crippen LogP contribution is 2.18. The molecule has 0 aliphatic rings. The molecule has 0 saturated heterocycles. The van der Waals surface area contributed by atoms with Crippen molar-refractivity contribution in [2.45, 2.75) is 26.4 Å². The van der Waals surface area contributed by atoms with Gasteiger partial charge in [0.05, 0.1) is 29.7 Å². The van der Waals surface area contributed by atoms with Crippen LogP contribution in [0.25, 0.3) is 0 Å². The molecule has 7 heteroatoms. The number of rotatable bonds is 6. The molecule has 1 heterocycles. The minimum Gasteiger partial charge on any atom is -0.397 e. The van der Waals surface area contributed by atoms with Crippen LogP contribution in [0.3, 0.4) is 0 Å². The summed E-state index contributed by atoms with van der Waals surface area (Å²) >= 11 is 0. The molecule has 0 aliphatic carbocycles. The SMILES string of the molecule is CC(C)NC(=O)c1cnn(Cc2ccc(C(=O)Nc3ccccc3N)cc2)c1. The Bertz CT molecular complexity index is 976. The summed E-state index contributed by atoms with van der Waals surface area (Å²) in [6, 6.07) is 14.4. The van der Waals surface area contributed by atoms with E-state index in [9.17, 15) is 9.59 Å². The molecule has 1 aromatic heterocycles. The van der Waals surface area contributed by atoms with Crippen molar-refractivity contribution in [2.24, 2.45) is 0 Å². The van der Waals surface area contributed by atoms with E-state index in [1.54, 1.807) is 41.3 Å². The maximum Gasteiger partial charge on any atom is 0.255 e. The van der Waals surface area contributed by atoms with Gasteiger partial charge in [0.1, 0.15) is 0 Å². The van der Waals surface area contributed by atoms with Crippen LogP contribution in [0, 0.1) is 0 Å². The highest BCUT2D eigenvalue weighted by Gasteiger charge is 2.11. The molecule has 7 nitrogen and oxygen atoms in total. The number of hydrogen-bond donors (Lipinski definition) is 3. The number of benzene rings is 2. The summed E-state index contributed by atoms with van der Waals surface area (Å²) in [7, 11) is 0. The number of nitrogen functional groups attached to an aromatic ring is 1. The van der Waals surface area contributed by atoms with Crippen molar-refractivity contribution in [3.05, 3.63) is 77.6 Å². The lowest BCUT2D eigenvalue weighted by atomic mass is 10.1. The van der Waals surface area contributed by atoms with Gasteiger partial charge in [0, 0.05) is 17.8 Å². The normalized spacial score (nSPS) is 10.7. The molecular formula is C21H23N5O2. The summed E-state index contributed by atoms with van der Waals surface area (Å²) in [6.45, 7) is 4.32. The maximum atomic E-state index is 12.4. The van der Waals surface area contributed by atoms with Gasteiger partial charge in [-0.3, -0.25) is 14.3 Å². The van der Waals surface area contributed by atoms with Gasteiger partial charge in [-0.05, 0) is 43.7 Å². The molecule has 0 unspecified atom stereocenters. The Kier molecular flexibility index (Phi) is 5.74. The van der Waals surface area contributed by atoms with Crippen molar-refractivity contribution in [1.29, 1.82) is 0 Å². The summed E-state index contributed by atoms with van der Waals surface area (Å²) in [5.41, 5.74) is 8.97. The molecule has 28 heavy (non-hydrogen) atoms. The van der Waals surface area contributed by atoms with E-state index in [0.29, 0.717) is 29.0 Å². The van der Waals surface area contributed by atoms with Crippen LogP contribution in [0.1, 0.15) is 40.1 Å². The van der Waals surface area contributed by atoms with Crippen LogP contribution in [-0.4, -0.2) is 27.6 Å². The molecule has 0 bridgehead atoms. The number of amides is 2. The van der Waals surface area contributed by atoms with Crippen LogP contribution < -0.4 is 16.4 Å². The molecule has 3 aromatic rings. The van der Waals surface area contributed by atoms with Gasteiger partial charge in [-0.15, -0.1) is 0 Å². The van der Waals surface area contributed by atoms with Gasteiger partial charge < -0.3 is 16.4 Å². The second kappa shape index (κ2) is 8.39. The lowest BCUT2D eigenvalue weighted by Gasteiger charge is -2.08. The van der Waals surface area contributed by atoms with E-state index in [-0.39, 0.29) is 17.9 Å². The highest BCUT2D eigenvalue weighted by atomic mass is 16.2. The number of para-hydroxylation sites is 2. The van der Waals surface area contributed by atoms with Crippen molar-refractivity contribution in [3.63, 3.8) is 0 Å². The number of carbonyl (C=O) groups excluding carboxylic acids is 2. The molecule has 144 valence electrons. The standard InChI is InChI=1S/C21H23N5O2/c1-14(2)24-21(28)17-11-23-26(13-17)12-15-7-9-16(10-8-15)20(27)25-19-6-4-3-5-18(19)22/h3-11,13-14H,12,22H2,1-2H3,(H,24,28)(H,25,27). The maximum absolute atomic E-state index is 12.4. The van der Waals surface area contributed by atoms with Crippen LogP contribution in [0.5, 0.6) is 0 Å². The third-order valence-corrected chi connectivity index (χ3v) is 4.08. The molecule has 0 saturated carbocycles. The number of nitrogens with two attached hydrogens (primary N) is 1. The first kappa shape index (κ1) is 19.2. The van der Waals surface area contributed by atoms with Crippen molar-refractivity contribution >= 4 is 23.2 Å². The van der Waals surface area contributed by atoms with Gasteiger partial charge in [-0.2, -0.15) is 5.10 Å². The molecule has 2 amide bonds. The fraction of sp³-hybridized carbons (Fsp3) is 0.190. The number of aromatic nitrogens is 2. The second-order valence-corrected chi connectivity index (χ2v) is 6.79. The quantitative estimate of drug-likeness (QED) is 0.575. The summed E-state index contributed by atoms with van der Waals surface area (Å²) < 4.78 is 1.69. The molecule has 3 rings (SSSR count). The second-order valence-electron chi connectivity index (χ2n) is 6.79. The van der Waals surface area contributed by atoms with Crippen LogP contribution in [0.4, 0.5) is 11.4 Å². The van der Waals surface area contributed by atoms with Crippen LogP contribution in [0.2, 0.25) is 0 Å². The Hall–Kier alpha value is -3.61. The molecular weight excluding hydrogens is 354 g/mol. The fourth-order valence-corrected chi connectivity index (χ4v) is 2.67. The first-order valence-corrected chi connectivity index (χ1v) is 9.00. The van der Waals surface area contributed by atoms with Crippen molar-refractivity contribution in [3.8, 4) is 0 Å². The molecule has 0 radical (unpaired) electrons.